The maximum atomic E-state index is 12.8. The van der Waals surface area contributed by atoms with Crippen molar-refractivity contribution in [3.05, 3.63) is 45.2 Å². The van der Waals surface area contributed by atoms with Crippen molar-refractivity contribution in [3.63, 3.8) is 0 Å². The van der Waals surface area contributed by atoms with Crippen LogP contribution in [0.5, 0.6) is 0 Å². The molecule has 0 radical (unpaired) electrons. The van der Waals surface area contributed by atoms with Gasteiger partial charge in [0.15, 0.2) is 5.11 Å². The Kier molecular flexibility index (Phi) is 7.30. The molecule has 1 aliphatic rings. The summed E-state index contributed by atoms with van der Waals surface area (Å²) in [5.74, 6) is 0. The number of hydrogen-bond donors (Lipinski definition) is 3. The predicted octanol–water partition coefficient (Wildman–Crippen LogP) is 2.30. The Labute approximate surface area is 179 Å². The number of hydrogen-bond acceptors (Lipinski definition) is 2. The molecule has 2 aromatic rings. The van der Waals surface area contributed by atoms with Gasteiger partial charge in [-0.2, -0.15) is 0 Å². The van der Waals surface area contributed by atoms with E-state index in [0.29, 0.717) is 12.6 Å². The second-order valence-electron chi connectivity index (χ2n) is 8.76. The van der Waals surface area contributed by atoms with Gasteiger partial charge in [0.1, 0.15) is 0 Å². The van der Waals surface area contributed by atoms with E-state index in [-0.39, 0.29) is 5.56 Å². The average molecular weight is 416 g/mol. The maximum absolute atomic E-state index is 12.8. The summed E-state index contributed by atoms with van der Waals surface area (Å²) in [5.41, 5.74) is 4.11. The third-order valence-corrected chi connectivity index (χ3v) is 6.41. The van der Waals surface area contributed by atoms with Crippen molar-refractivity contribution in [3.8, 4) is 0 Å². The van der Waals surface area contributed by atoms with Gasteiger partial charge in [-0.15, -0.1) is 0 Å². The number of H-pyrrole nitrogens is 1. The number of fused-ring (bicyclic) bond motifs is 1. The van der Waals surface area contributed by atoms with Crippen LogP contribution in [0.1, 0.15) is 48.8 Å². The van der Waals surface area contributed by atoms with E-state index in [0.717, 1.165) is 53.9 Å². The van der Waals surface area contributed by atoms with E-state index in [9.17, 15) is 4.79 Å². The van der Waals surface area contributed by atoms with Crippen molar-refractivity contribution in [2.45, 2.75) is 58.5 Å². The molecule has 1 fully saturated rings. The molecule has 0 saturated heterocycles. The van der Waals surface area contributed by atoms with Crippen LogP contribution in [0.25, 0.3) is 10.9 Å². The summed E-state index contributed by atoms with van der Waals surface area (Å²) in [4.78, 5) is 19.6. The van der Waals surface area contributed by atoms with E-state index in [1.807, 2.05) is 6.07 Å². The van der Waals surface area contributed by atoms with Crippen molar-refractivity contribution in [1.29, 1.82) is 0 Å². The molecule has 1 heterocycles. The van der Waals surface area contributed by atoms with E-state index in [4.69, 9.17) is 12.2 Å². The average Bonchev–Trinajstić information content (AvgIpc) is 3.19. The lowest BCUT2D eigenvalue weighted by Crippen LogP contribution is -3.05. The number of aromatic nitrogens is 1. The zero-order valence-electron chi connectivity index (χ0n) is 18.2. The fourth-order valence-corrected chi connectivity index (χ4v) is 4.46. The lowest BCUT2D eigenvalue weighted by atomic mass is 10.0. The molecule has 3 N–H and O–H groups in total. The molecule has 1 aromatic heterocycles. The van der Waals surface area contributed by atoms with E-state index in [2.05, 4.69) is 55.3 Å². The number of quaternary nitrogens is 1. The van der Waals surface area contributed by atoms with Gasteiger partial charge in [-0.1, -0.05) is 12.8 Å². The first-order valence-electron chi connectivity index (χ1n) is 10.8. The highest BCUT2D eigenvalue weighted by Gasteiger charge is 2.25. The molecule has 0 atom stereocenters. The Hall–Kier alpha value is -1.92. The van der Waals surface area contributed by atoms with Crippen LogP contribution >= 0.6 is 12.2 Å². The van der Waals surface area contributed by atoms with Crippen LogP contribution in [-0.4, -0.2) is 48.2 Å². The largest absolute Gasteiger partial charge is 0.362 e. The van der Waals surface area contributed by atoms with Gasteiger partial charge in [-0.05, 0) is 73.6 Å². The van der Waals surface area contributed by atoms with Crippen molar-refractivity contribution < 1.29 is 4.90 Å². The van der Waals surface area contributed by atoms with E-state index in [1.54, 1.807) is 0 Å². The molecule has 1 aromatic carbocycles. The molecule has 1 saturated carbocycles. The molecule has 0 bridgehead atoms. The minimum atomic E-state index is -0.0113. The quantitative estimate of drug-likeness (QED) is 0.480. The molecular weight excluding hydrogens is 380 g/mol. The fraction of sp³-hybridized carbons (Fsp3) is 0.565. The van der Waals surface area contributed by atoms with Crippen LogP contribution in [0.2, 0.25) is 0 Å². The molecule has 29 heavy (non-hydrogen) atoms. The number of rotatable bonds is 7. The van der Waals surface area contributed by atoms with Gasteiger partial charge in [0, 0.05) is 30.1 Å². The minimum absolute atomic E-state index is 0.0113. The smallest absolute Gasteiger partial charge is 0.253 e. The first-order chi connectivity index (χ1) is 13.8. The third kappa shape index (κ3) is 5.58. The standard InChI is InChI=1S/C23H34N4OS/c1-16-12-18-14-19(22(28)25-21(18)13-17(16)2)15-27(20-8-5-6-9-20)23(29)24-10-7-11-26(3)4/h12-14,20H,5-11,15H2,1-4H3,(H,24,29)(H,25,28)/p+1. The number of aromatic amines is 1. The topological polar surface area (TPSA) is 52.6 Å². The van der Waals surface area contributed by atoms with Gasteiger partial charge in [-0.25, -0.2) is 0 Å². The van der Waals surface area contributed by atoms with Gasteiger partial charge in [0.25, 0.3) is 5.56 Å². The van der Waals surface area contributed by atoms with Crippen LogP contribution in [-0.2, 0) is 6.54 Å². The summed E-state index contributed by atoms with van der Waals surface area (Å²) in [6.45, 7) is 6.74. The van der Waals surface area contributed by atoms with Gasteiger partial charge in [0.2, 0.25) is 0 Å². The highest BCUT2D eigenvalue weighted by Crippen LogP contribution is 2.25. The summed E-state index contributed by atoms with van der Waals surface area (Å²) in [7, 11) is 4.33. The highest BCUT2D eigenvalue weighted by molar-refractivity contribution is 7.80. The second kappa shape index (κ2) is 9.72. The summed E-state index contributed by atoms with van der Waals surface area (Å²) < 4.78 is 0. The van der Waals surface area contributed by atoms with Crippen LogP contribution < -0.4 is 15.8 Å². The van der Waals surface area contributed by atoms with Crippen molar-refractivity contribution in [2.24, 2.45) is 0 Å². The SMILES string of the molecule is Cc1cc2cc(CN(C(=S)NCCC[NH+](C)C)C3CCCC3)c(=O)[nH]c2cc1C. The predicted molar refractivity (Wildman–Crippen MR) is 125 cm³/mol. The Morgan fingerprint density at radius 3 is 2.59 bits per heavy atom. The maximum Gasteiger partial charge on any atom is 0.253 e. The summed E-state index contributed by atoms with van der Waals surface area (Å²) in [6, 6.07) is 6.68. The Bertz CT molecular complexity index is 915. The van der Waals surface area contributed by atoms with E-state index in [1.165, 1.54) is 28.9 Å². The van der Waals surface area contributed by atoms with Crippen LogP contribution in [0.4, 0.5) is 0 Å². The number of benzene rings is 1. The number of thiocarbonyl (C=S) groups is 1. The van der Waals surface area contributed by atoms with Gasteiger partial charge >= 0.3 is 0 Å². The Morgan fingerprint density at radius 1 is 1.21 bits per heavy atom. The molecule has 6 heteroatoms. The van der Waals surface area contributed by atoms with Crippen molar-refractivity contribution >= 4 is 28.2 Å². The van der Waals surface area contributed by atoms with Crippen LogP contribution in [0.15, 0.2) is 23.0 Å². The van der Waals surface area contributed by atoms with Gasteiger partial charge in [-0.3, -0.25) is 4.79 Å². The van der Waals surface area contributed by atoms with Crippen LogP contribution in [0.3, 0.4) is 0 Å². The normalized spacial score (nSPS) is 14.7. The van der Waals surface area contributed by atoms with Gasteiger partial charge in [0.05, 0.1) is 27.2 Å². The second-order valence-corrected chi connectivity index (χ2v) is 9.14. The molecule has 1 aliphatic carbocycles. The zero-order valence-corrected chi connectivity index (χ0v) is 19.0. The third-order valence-electron chi connectivity index (χ3n) is 6.03. The highest BCUT2D eigenvalue weighted by atomic mass is 32.1. The molecule has 5 nitrogen and oxygen atoms in total. The Morgan fingerprint density at radius 2 is 1.90 bits per heavy atom. The Balaban J connectivity index is 1.80. The molecule has 0 unspecified atom stereocenters. The summed E-state index contributed by atoms with van der Waals surface area (Å²) in [6.07, 6.45) is 5.84. The number of aryl methyl sites for hydroxylation is 2. The minimum Gasteiger partial charge on any atom is -0.362 e. The van der Waals surface area contributed by atoms with E-state index >= 15 is 0 Å². The molecule has 0 spiro atoms. The van der Waals surface area contributed by atoms with Gasteiger partial charge < -0.3 is 20.1 Å². The molecule has 0 amide bonds. The summed E-state index contributed by atoms with van der Waals surface area (Å²) >= 11 is 5.76. The van der Waals surface area contributed by atoms with Crippen molar-refractivity contribution in [1.82, 2.24) is 15.2 Å². The molecule has 158 valence electrons. The molecule has 3 rings (SSSR count). The molecular formula is C23H35N4OS+. The summed E-state index contributed by atoms with van der Waals surface area (Å²) in [5, 5.41) is 5.31. The fourth-order valence-electron chi connectivity index (χ4n) is 4.14. The lowest BCUT2D eigenvalue weighted by molar-refractivity contribution is -0.858. The number of pyridine rings is 1. The number of nitrogens with zero attached hydrogens (tertiary/aromatic N) is 1. The molecule has 0 aliphatic heterocycles. The van der Waals surface area contributed by atoms with Crippen molar-refractivity contribution in [2.75, 3.05) is 27.2 Å². The first-order valence-corrected chi connectivity index (χ1v) is 11.2. The lowest BCUT2D eigenvalue weighted by Gasteiger charge is -2.31. The van der Waals surface area contributed by atoms with Crippen LogP contribution in [0, 0.1) is 13.8 Å². The van der Waals surface area contributed by atoms with E-state index < -0.39 is 0 Å². The number of nitrogens with one attached hydrogen (secondary N) is 3. The monoisotopic (exact) mass is 415 g/mol. The zero-order chi connectivity index (χ0) is 21.0. The first kappa shape index (κ1) is 21.8.